The van der Waals surface area contributed by atoms with E-state index in [1.165, 1.54) is 36.9 Å². The van der Waals surface area contributed by atoms with Crippen LogP contribution in [0.5, 0.6) is 0 Å². The van der Waals surface area contributed by atoms with E-state index in [-0.39, 0.29) is 6.10 Å². The second kappa shape index (κ2) is 4.60. The molecule has 1 aromatic rings. The Morgan fingerprint density at radius 1 is 1.05 bits per heavy atom. The van der Waals surface area contributed by atoms with E-state index in [0.717, 1.165) is 24.7 Å². The molecule has 0 spiro atoms. The van der Waals surface area contributed by atoms with E-state index in [9.17, 15) is 5.11 Å². The van der Waals surface area contributed by atoms with Gasteiger partial charge in [-0.15, -0.1) is 0 Å². The van der Waals surface area contributed by atoms with Gasteiger partial charge in [0.2, 0.25) is 0 Å². The molecule has 4 rings (SSSR count). The number of aliphatic hydroxyl groups excluding tert-OH is 1. The Hall–Kier alpha value is -0.860. The van der Waals surface area contributed by atoms with Crippen LogP contribution in [0.15, 0.2) is 24.3 Å². The molecule has 2 N–H and O–H groups in total. The zero-order valence-electron chi connectivity index (χ0n) is 11.4. The molecule has 19 heavy (non-hydrogen) atoms. The van der Waals surface area contributed by atoms with Crippen LogP contribution in [0, 0.1) is 17.8 Å². The second-order valence-corrected chi connectivity index (χ2v) is 6.64. The largest absolute Gasteiger partial charge is 0.388 e. The SMILES string of the molecule is OC1c2ccccc2CCC1C1NCC2CCCC21. The Balaban J connectivity index is 1.60. The minimum Gasteiger partial charge on any atom is -0.388 e. The minimum absolute atomic E-state index is 0.262. The Morgan fingerprint density at radius 3 is 2.89 bits per heavy atom. The van der Waals surface area contributed by atoms with Crippen molar-refractivity contribution in [1.82, 2.24) is 5.32 Å². The molecule has 1 saturated heterocycles. The molecule has 1 saturated carbocycles. The molecule has 0 bridgehead atoms. The fraction of sp³-hybridized carbons (Fsp3) is 0.647. The predicted octanol–water partition coefficient (Wildman–Crippen LogP) is 2.67. The van der Waals surface area contributed by atoms with Gasteiger partial charge in [0.15, 0.2) is 0 Å². The highest BCUT2D eigenvalue weighted by Gasteiger charge is 2.45. The molecule has 2 nitrogen and oxygen atoms in total. The van der Waals surface area contributed by atoms with Crippen molar-refractivity contribution >= 4 is 0 Å². The van der Waals surface area contributed by atoms with Gasteiger partial charge in [-0.05, 0) is 55.2 Å². The summed E-state index contributed by atoms with van der Waals surface area (Å²) < 4.78 is 0. The standard InChI is InChI=1S/C17H23NO/c19-17-14-6-2-1-4-11(14)8-9-15(17)16-13-7-3-5-12(13)10-18-16/h1-2,4,6,12-13,15-19H,3,5,7-10H2. The maximum atomic E-state index is 10.8. The molecule has 1 aliphatic heterocycles. The van der Waals surface area contributed by atoms with Crippen LogP contribution in [0.3, 0.4) is 0 Å². The molecule has 0 radical (unpaired) electrons. The highest BCUT2D eigenvalue weighted by Crippen LogP contribution is 2.45. The molecule has 5 atom stereocenters. The van der Waals surface area contributed by atoms with Crippen LogP contribution < -0.4 is 5.32 Å². The van der Waals surface area contributed by atoms with Gasteiger partial charge in [0.05, 0.1) is 6.10 Å². The zero-order valence-corrected chi connectivity index (χ0v) is 11.4. The van der Waals surface area contributed by atoms with Crippen LogP contribution in [0.4, 0.5) is 0 Å². The van der Waals surface area contributed by atoms with Gasteiger partial charge in [-0.2, -0.15) is 0 Å². The van der Waals surface area contributed by atoms with Crippen LogP contribution in [0.25, 0.3) is 0 Å². The van der Waals surface area contributed by atoms with Gasteiger partial charge < -0.3 is 10.4 Å². The van der Waals surface area contributed by atoms with Gasteiger partial charge in [-0.3, -0.25) is 0 Å². The van der Waals surface area contributed by atoms with Crippen molar-refractivity contribution in [3.8, 4) is 0 Å². The lowest BCUT2D eigenvalue weighted by molar-refractivity contribution is 0.0619. The monoisotopic (exact) mass is 257 g/mol. The molecule has 1 aromatic carbocycles. The molecule has 102 valence electrons. The fourth-order valence-electron chi connectivity index (χ4n) is 4.84. The van der Waals surface area contributed by atoms with E-state index >= 15 is 0 Å². The summed E-state index contributed by atoms with van der Waals surface area (Å²) in [6.45, 7) is 1.18. The molecular formula is C17H23NO. The van der Waals surface area contributed by atoms with E-state index < -0.39 is 0 Å². The number of aryl methyl sites for hydroxylation is 1. The third-order valence-electron chi connectivity index (χ3n) is 5.78. The number of fused-ring (bicyclic) bond motifs is 2. The first-order valence-electron chi connectivity index (χ1n) is 7.84. The lowest BCUT2D eigenvalue weighted by atomic mass is 9.74. The maximum absolute atomic E-state index is 10.8. The quantitative estimate of drug-likeness (QED) is 0.810. The van der Waals surface area contributed by atoms with Gasteiger partial charge in [0.25, 0.3) is 0 Å². The van der Waals surface area contributed by atoms with E-state index in [1.54, 1.807) is 0 Å². The second-order valence-electron chi connectivity index (χ2n) is 6.64. The van der Waals surface area contributed by atoms with Crippen molar-refractivity contribution < 1.29 is 5.11 Å². The maximum Gasteiger partial charge on any atom is 0.0835 e. The zero-order chi connectivity index (χ0) is 12.8. The molecule has 2 heteroatoms. The Labute approximate surface area is 115 Å². The van der Waals surface area contributed by atoms with E-state index in [2.05, 4.69) is 29.6 Å². The third-order valence-corrected chi connectivity index (χ3v) is 5.78. The lowest BCUT2D eigenvalue weighted by Crippen LogP contribution is -2.40. The summed E-state index contributed by atoms with van der Waals surface area (Å²) in [6, 6.07) is 9.00. The highest BCUT2D eigenvalue weighted by atomic mass is 16.3. The van der Waals surface area contributed by atoms with Crippen molar-refractivity contribution in [3.05, 3.63) is 35.4 Å². The average Bonchev–Trinajstić information content (AvgIpc) is 3.03. The number of aliphatic hydroxyl groups is 1. The number of hydrogen-bond acceptors (Lipinski definition) is 2. The summed E-state index contributed by atoms with van der Waals surface area (Å²) in [4.78, 5) is 0. The van der Waals surface area contributed by atoms with Gasteiger partial charge in [-0.1, -0.05) is 30.7 Å². The topological polar surface area (TPSA) is 32.3 Å². The molecule has 3 aliphatic rings. The van der Waals surface area contributed by atoms with E-state index in [4.69, 9.17) is 0 Å². The Kier molecular flexibility index (Phi) is 2.89. The Bertz CT molecular complexity index is 472. The van der Waals surface area contributed by atoms with Gasteiger partial charge in [-0.25, -0.2) is 0 Å². The number of hydrogen-bond donors (Lipinski definition) is 2. The molecule has 0 aromatic heterocycles. The summed E-state index contributed by atoms with van der Waals surface area (Å²) in [7, 11) is 0. The normalized spacial score (nSPS) is 41.0. The van der Waals surface area contributed by atoms with Crippen molar-refractivity contribution in [2.75, 3.05) is 6.54 Å². The number of benzene rings is 1. The smallest absolute Gasteiger partial charge is 0.0835 e. The third kappa shape index (κ3) is 1.85. The summed E-state index contributed by atoms with van der Waals surface area (Å²) in [5.74, 6) is 2.13. The fourth-order valence-corrected chi connectivity index (χ4v) is 4.84. The van der Waals surface area contributed by atoms with Gasteiger partial charge >= 0.3 is 0 Å². The number of nitrogens with one attached hydrogen (secondary N) is 1. The van der Waals surface area contributed by atoms with Crippen LogP contribution in [0.2, 0.25) is 0 Å². The number of rotatable bonds is 1. The predicted molar refractivity (Wildman–Crippen MR) is 75.8 cm³/mol. The van der Waals surface area contributed by atoms with Crippen LogP contribution >= 0.6 is 0 Å². The van der Waals surface area contributed by atoms with Gasteiger partial charge in [0.1, 0.15) is 0 Å². The van der Waals surface area contributed by atoms with Crippen LogP contribution in [-0.2, 0) is 6.42 Å². The van der Waals surface area contributed by atoms with Crippen molar-refractivity contribution in [2.45, 2.75) is 44.2 Å². The first-order valence-corrected chi connectivity index (χ1v) is 7.84. The summed E-state index contributed by atoms with van der Waals surface area (Å²) in [5.41, 5.74) is 2.54. The summed E-state index contributed by atoms with van der Waals surface area (Å²) >= 11 is 0. The first-order chi connectivity index (χ1) is 9.34. The summed E-state index contributed by atoms with van der Waals surface area (Å²) in [6.07, 6.45) is 6.17. The highest BCUT2D eigenvalue weighted by molar-refractivity contribution is 5.32. The van der Waals surface area contributed by atoms with Crippen molar-refractivity contribution in [1.29, 1.82) is 0 Å². The average molecular weight is 257 g/mol. The first kappa shape index (κ1) is 11.9. The Morgan fingerprint density at radius 2 is 1.95 bits per heavy atom. The van der Waals surface area contributed by atoms with Gasteiger partial charge in [0, 0.05) is 12.0 Å². The molecular weight excluding hydrogens is 234 g/mol. The molecule has 2 fully saturated rings. The minimum atomic E-state index is -0.262. The lowest BCUT2D eigenvalue weighted by Gasteiger charge is -2.36. The van der Waals surface area contributed by atoms with E-state index in [0.29, 0.717) is 12.0 Å². The molecule has 0 amide bonds. The van der Waals surface area contributed by atoms with Crippen molar-refractivity contribution in [2.24, 2.45) is 17.8 Å². The summed E-state index contributed by atoms with van der Waals surface area (Å²) in [5, 5.41) is 14.5. The van der Waals surface area contributed by atoms with E-state index in [1.807, 2.05) is 0 Å². The molecule has 2 aliphatic carbocycles. The molecule has 1 heterocycles. The van der Waals surface area contributed by atoms with Crippen LogP contribution in [-0.4, -0.2) is 17.7 Å². The molecule has 5 unspecified atom stereocenters. The van der Waals surface area contributed by atoms with Crippen molar-refractivity contribution in [3.63, 3.8) is 0 Å². The van der Waals surface area contributed by atoms with Crippen LogP contribution in [0.1, 0.15) is 42.9 Å².